The number of carbonyl (C=O) groups excluding carboxylic acids is 4. The molecule has 3 atom stereocenters. The van der Waals surface area contributed by atoms with E-state index in [1.807, 2.05) is 24.3 Å². The Morgan fingerprint density at radius 2 is 1.72 bits per heavy atom. The van der Waals surface area contributed by atoms with E-state index in [0.717, 1.165) is 23.6 Å². The Kier molecular flexibility index (Phi) is 5.32. The molecule has 5 rings (SSSR count). The summed E-state index contributed by atoms with van der Waals surface area (Å²) >= 11 is 0. The van der Waals surface area contributed by atoms with Crippen molar-refractivity contribution in [3.63, 3.8) is 0 Å². The first-order valence-electron chi connectivity index (χ1n) is 10.9. The minimum Gasteiger partial charge on any atom is -0.314 e. The summed E-state index contributed by atoms with van der Waals surface area (Å²) in [6.45, 7) is 2.31. The van der Waals surface area contributed by atoms with Crippen molar-refractivity contribution < 1.29 is 19.2 Å². The summed E-state index contributed by atoms with van der Waals surface area (Å²) in [5.41, 5.74) is 2.79. The molecular formula is C24H24N4O4. The van der Waals surface area contributed by atoms with Gasteiger partial charge in [-0.15, -0.1) is 0 Å². The second kappa shape index (κ2) is 8.29. The number of fused-ring (bicyclic) bond motifs is 1. The molecule has 2 aromatic rings. The molecule has 3 aliphatic heterocycles. The van der Waals surface area contributed by atoms with E-state index >= 15 is 0 Å². The molecule has 4 amide bonds. The zero-order valence-electron chi connectivity index (χ0n) is 17.5. The molecule has 0 aromatic heterocycles. The highest BCUT2D eigenvalue weighted by Crippen LogP contribution is 2.29. The largest absolute Gasteiger partial charge is 0.314 e. The highest BCUT2D eigenvalue weighted by molar-refractivity contribution is 6.23. The lowest BCUT2D eigenvalue weighted by atomic mass is 9.94. The van der Waals surface area contributed by atoms with Gasteiger partial charge in [0, 0.05) is 38.0 Å². The Balaban J connectivity index is 1.30. The first kappa shape index (κ1) is 20.5. The summed E-state index contributed by atoms with van der Waals surface area (Å²) in [7, 11) is 0. The molecule has 8 nitrogen and oxygen atoms in total. The molecule has 3 N–H and O–H groups in total. The van der Waals surface area contributed by atoms with Gasteiger partial charge in [0.15, 0.2) is 0 Å². The summed E-state index contributed by atoms with van der Waals surface area (Å²) in [6.07, 6.45) is 0.261. The van der Waals surface area contributed by atoms with E-state index in [0.29, 0.717) is 23.6 Å². The zero-order valence-corrected chi connectivity index (χ0v) is 17.5. The Hall–Kier alpha value is -3.36. The molecule has 164 valence electrons. The Bertz CT molecular complexity index is 1100. The second-order valence-corrected chi connectivity index (χ2v) is 8.49. The van der Waals surface area contributed by atoms with Crippen molar-refractivity contribution in [1.82, 2.24) is 20.9 Å². The van der Waals surface area contributed by atoms with Gasteiger partial charge in [0.1, 0.15) is 6.04 Å². The topological polar surface area (TPSA) is 108 Å². The fourth-order valence-electron chi connectivity index (χ4n) is 4.82. The van der Waals surface area contributed by atoms with Crippen molar-refractivity contribution in [3.05, 3.63) is 70.8 Å². The standard InChI is InChI=1S/C24H24N4O4/c29-21-9-8-20(22(30)27-21)28-23(31)16-7-6-14(10-17(16)24(28)32)11-26-19-13-25-12-18(19)15-4-2-1-3-5-15/h1-7,10,18-20,25-26H,8-9,11-13H2,(H,27,29,30)/t18-,19+,20?/m0/s1. The molecular weight excluding hydrogens is 408 g/mol. The maximum atomic E-state index is 13.0. The SMILES string of the molecule is O=C1CCC(N2C(=O)c3ccc(CN[C@@H]4CNC[C@H]4c4ccccc4)cc3C2=O)C(=O)N1. The van der Waals surface area contributed by atoms with E-state index < -0.39 is 23.8 Å². The van der Waals surface area contributed by atoms with Crippen LogP contribution in [0.25, 0.3) is 0 Å². The molecule has 8 heteroatoms. The number of hydrogen-bond acceptors (Lipinski definition) is 6. The number of hydrogen-bond donors (Lipinski definition) is 3. The molecule has 1 unspecified atom stereocenters. The van der Waals surface area contributed by atoms with Gasteiger partial charge in [0.2, 0.25) is 11.8 Å². The van der Waals surface area contributed by atoms with Crippen molar-refractivity contribution in [2.24, 2.45) is 0 Å². The highest BCUT2D eigenvalue weighted by Gasteiger charge is 2.44. The molecule has 0 radical (unpaired) electrons. The minimum absolute atomic E-state index is 0.108. The Morgan fingerprint density at radius 3 is 2.50 bits per heavy atom. The molecule has 0 aliphatic carbocycles. The van der Waals surface area contributed by atoms with E-state index in [1.54, 1.807) is 12.1 Å². The van der Waals surface area contributed by atoms with Gasteiger partial charge < -0.3 is 10.6 Å². The average Bonchev–Trinajstić information content (AvgIpc) is 3.36. The van der Waals surface area contributed by atoms with Crippen molar-refractivity contribution >= 4 is 23.6 Å². The van der Waals surface area contributed by atoms with Crippen LogP contribution in [0.5, 0.6) is 0 Å². The van der Waals surface area contributed by atoms with E-state index in [4.69, 9.17) is 0 Å². The van der Waals surface area contributed by atoms with Gasteiger partial charge in [-0.2, -0.15) is 0 Å². The average molecular weight is 432 g/mol. The third-order valence-electron chi connectivity index (χ3n) is 6.51. The van der Waals surface area contributed by atoms with Crippen LogP contribution in [0, 0.1) is 0 Å². The maximum Gasteiger partial charge on any atom is 0.262 e. The molecule has 0 bridgehead atoms. The lowest BCUT2D eigenvalue weighted by Crippen LogP contribution is -2.54. The molecule has 32 heavy (non-hydrogen) atoms. The first-order chi connectivity index (χ1) is 15.5. The van der Waals surface area contributed by atoms with Crippen LogP contribution in [0.15, 0.2) is 48.5 Å². The summed E-state index contributed by atoms with van der Waals surface area (Å²) < 4.78 is 0. The van der Waals surface area contributed by atoms with Crippen molar-refractivity contribution in [2.75, 3.05) is 13.1 Å². The summed E-state index contributed by atoms with van der Waals surface area (Å²) in [5, 5.41) is 9.22. The van der Waals surface area contributed by atoms with Gasteiger partial charge in [-0.25, -0.2) is 0 Å². The van der Waals surface area contributed by atoms with Gasteiger partial charge in [0.05, 0.1) is 11.1 Å². The number of benzene rings is 2. The smallest absolute Gasteiger partial charge is 0.262 e. The lowest BCUT2D eigenvalue weighted by molar-refractivity contribution is -0.136. The van der Waals surface area contributed by atoms with Crippen LogP contribution in [0.3, 0.4) is 0 Å². The van der Waals surface area contributed by atoms with Crippen LogP contribution in [0.1, 0.15) is 50.6 Å². The summed E-state index contributed by atoms with van der Waals surface area (Å²) in [4.78, 5) is 50.4. The van der Waals surface area contributed by atoms with Gasteiger partial charge in [-0.05, 0) is 29.7 Å². The van der Waals surface area contributed by atoms with Crippen LogP contribution < -0.4 is 16.0 Å². The fraction of sp³-hybridized carbons (Fsp3) is 0.333. The molecule has 0 saturated carbocycles. The number of nitrogens with zero attached hydrogens (tertiary/aromatic N) is 1. The lowest BCUT2D eigenvalue weighted by Gasteiger charge is -2.27. The van der Waals surface area contributed by atoms with Gasteiger partial charge in [-0.3, -0.25) is 29.4 Å². The quantitative estimate of drug-likeness (QED) is 0.607. The van der Waals surface area contributed by atoms with Crippen molar-refractivity contribution in [1.29, 1.82) is 0 Å². The van der Waals surface area contributed by atoms with Crippen molar-refractivity contribution in [3.8, 4) is 0 Å². The van der Waals surface area contributed by atoms with Crippen molar-refractivity contribution in [2.45, 2.75) is 37.4 Å². The fourth-order valence-corrected chi connectivity index (χ4v) is 4.82. The highest BCUT2D eigenvalue weighted by atomic mass is 16.2. The van der Waals surface area contributed by atoms with Gasteiger partial charge in [-0.1, -0.05) is 36.4 Å². The predicted molar refractivity (Wildman–Crippen MR) is 116 cm³/mol. The van der Waals surface area contributed by atoms with E-state index in [2.05, 4.69) is 28.1 Å². The predicted octanol–water partition coefficient (Wildman–Crippen LogP) is 0.933. The normalized spacial score (nSPS) is 25.2. The second-order valence-electron chi connectivity index (χ2n) is 8.49. The summed E-state index contributed by atoms with van der Waals surface area (Å²) in [6, 6.07) is 14.9. The number of nitrogens with one attached hydrogen (secondary N) is 3. The molecule has 2 aromatic carbocycles. The van der Waals surface area contributed by atoms with E-state index in [1.165, 1.54) is 5.56 Å². The number of carbonyl (C=O) groups is 4. The van der Waals surface area contributed by atoms with Crippen LogP contribution in [-0.4, -0.2) is 53.7 Å². The number of amides is 4. The Labute approximate surface area is 185 Å². The molecule has 3 heterocycles. The minimum atomic E-state index is -0.946. The third-order valence-corrected chi connectivity index (χ3v) is 6.51. The van der Waals surface area contributed by atoms with Crippen LogP contribution in [0.4, 0.5) is 0 Å². The third kappa shape index (κ3) is 3.61. The summed E-state index contributed by atoms with van der Waals surface area (Å²) in [5.74, 6) is -1.59. The van der Waals surface area contributed by atoms with Crippen LogP contribution >= 0.6 is 0 Å². The van der Waals surface area contributed by atoms with E-state index in [-0.39, 0.29) is 24.8 Å². The molecule has 0 spiro atoms. The van der Waals surface area contributed by atoms with Crippen LogP contribution in [-0.2, 0) is 16.1 Å². The van der Waals surface area contributed by atoms with Gasteiger partial charge >= 0.3 is 0 Å². The Morgan fingerprint density at radius 1 is 0.938 bits per heavy atom. The maximum absolute atomic E-state index is 13.0. The zero-order chi connectivity index (χ0) is 22.2. The monoisotopic (exact) mass is 432 g/mol. The number of rotatable bonds is 5. The van der Waals surface area contributed by atoms with E-state index in [9.17, 15) is 19.2 Å². The van der Waals surface area contributed by atoms with Crippen LogP contribution in [0.2, 0.25) is 0 Å². The molecule has 2 fully saturated rings. The number of piperidine rings is 1. The van der Waals surface area contributed by atoms with Gasteiger partial charge in [0.25, 0.3) is 11.8 Å². The molecule has 2 saturated heterocycles. The molecule has 3 aliphatic rings. The number of imide groups is 2. The first-order valence-corrected chi connectivity index (χ1v) is 10.9.